The molecule has 2 aromatic heterocycles. The zero-order valence-corrected chi connectivity index (χ0v) is 59.1. The molecule has 0 saturated heterocycles. The van der Waals surface area contributed by atoms with Gasteiger partial charge in [0.25, 0.3) is 0 Å². The van der Waals surface area contributed by atoms with Gasteiger partial charge in [-0.1, -0.05) is 286 Å². The minimum absolute atomic E-state index is 0.0657. The topological polar surface area (TPSA) is 9.86 Å². The molecular formula is C86H98B2N2. The van der Waals surface area contributed by atoms with Crippen molar-refractivity contribution in [2.45, 2.75) is 209 Å². The second kappa shape index (κ2) is 20.1. The monoisotopic (exact) mass is 1180 g/mol. The van der Waals surface area contributed by atoms with E-state index in [4.69, 9.17) is 0 Å². The maximum Gasteiger partial charge on any atom is 0.247 e. The Hall–Kier alpha value is -7.29. The molecule has 0 aliphatic carbocycles. The largest absolute Gasteiger partial charge is 0.310 e. The molecule has 0 atom stereocenters. The smallest absolute Gasteiger partial charge is 0.247 e. The van der Waals surface area contributed by atoms with Crippen molar-refractivity contribution in [1.29, 1.82) is 0 Å². The highest BCUT2D eigenvalue weighted by Gasteiger charge is 2.46. The predicted molar refractivity (Wildman–Crippen MR) is 398 cm³/mol. The van der Waals surface area contributed by atoms with Crippen LogP contribution in [0.1, 0.15) is 211 Å². The van der Waals surface area contributed by atoms with Crippen molar-refractivity contribution in [1.82, 2.24) is 9.13 Å². The Bertz CT molecular complexity index is 4380. The van der Waals surface area contributed by atoms with Crippen LogP contribution in [0.4, 0.5) is 0 Å². The van der Waals surface area contributed by atoms with Crippen molar-refractivity contribution in [2.24, 2.45) is 0 Å². The van der Waals surface area contributed by atoms with E-state index in [2.05, 4.69) is 333 Å². The van der Waals surface area contributed by atoms with Crippen molar-refractivity contribution in [2.75, 3.05) is 0 Å². The van der Waals surface area contributed by atoms with Gasteiger partial charge >= 0.3 is 0 Å². The molecule has 4 heterocycles. The second-order valence-corrected chi connectivity index (χ2v) is 35.6. The van der Waals surface area contributed by atoms with Crippen molar-refractivity contribution >= 4 is 89.8 Å². The third-order valence-electron chi connectivity index (χ3n) is 20.5. The first kappa shape index (κ1) is 61.6. The van der Waals surface area contributed by atoms with Crippen molar-refractivity contribution in [3.8, 4) is 33.6 Å². The first-order valence-corrected chi connectivity index (χ1v) is 33.6. The van der Waals surface area contributed by atoms with Crippen LogP contribution >= 0.6 is 0 Å². The van der Waals surface area contributed by atoms with Gasteiger partial charge < -0.3 is 9.13 Å². The Morgan fingerprint density at radius 1 is 0.244 bits per heavy atom. The summed E-state index contributed by atoms with van der Waals surface area (Å²) in [7, 11) is 0. The fourth-order valence-electron chi connectivity index (χ4n) is 15.5. The number of benzene rings is 9. The SMILES string of the molecule is CC(C)(C)c1cc(C(C)(C)C)c(B2c3cc4c(cc3-n3c5ccc(-c6ccccc6)cc5c5cc(C(C)(C)C)cc2c53)B(c2c(C(C)(C)C)cc(C(C)(C)C)cc2C(C)(C)C)c2cc(C(C)(C)C)cc3c5cc(-c6ccccc6)ccc5n-4c23)c(C(C)(C)C)c1. The van der Waals surface area contributed by atoms with Crippen LogP contribution in [-0.2, 0) is 43.3 Å². The number of hydrogen-bond acceptors (Lipinski definition) is 0. The molecule has 9 aromatic carbocycles. The fraction of sp³-hybridized carbons (Fsp3) is 0.372. The molecule has 11 aromatic rings. The van der Waals surface area contributed by atoms with Crippen LogP contribution in [0.25, 0.3) is 77.2 Å². The number of rotatable bonds is 4. The summed E-state index contributed by atoms with van der Waals surface area (Å²) in [6.45, 7) is 58.3. The van der Waals surface area contributed by atoms with Gasteiger partial charge in [0.15, 0.2) is 0 Å². The van der Waals surface area contributed by atoms with Gasteiger partial charge in [0.1, 0.15) is 0 Å². The quantitative estimate of drug-likeness (QED) is 0.155. The van der Waals surface area contributed by atoms with Gasteiger partial charge in [0.05, 0.1) is 11.0 Å². The summed E-state index contributed by atoms with van der Waals surface area (Å²) >= 11 is 0. The first-order valence-electron chi connectivity index (χ1n) is 33.6. The number of nitrogens with zero attached hydrogens (tertiary/aromatic N) is 2. The van der Waals surface area contributed by atoms with E-state index in [-0.39, 0.29) is 56.7 Å². The van der Waals surface area contributed by atoms with Gasteiger partial charge in [0.2, 0.25) is 13.4 Å². The molecular weight excluding hydrogens is 1080 g/mol. The van der Waals surface area contributed by atoms with Gasteiger partial charge in [-0.25, -0.2) is 0 Å². The van der Waals surface area contributed by atoms with Crippen molar-refractivity contribution < 1.29 is 0 Å². The Morgan fingerprint density at radius 2 is 0.533 bits per heavy atom. The molecule has 2 aliphatic rings. The highest BCUT2D eigenvalue weighted by molar-refractivity contribution is 7.00. The van der Waals surface area contributed by atoms with Crippen molar-refractivity contribution in [3.63, 3.8) is 0 Å². The highest BCUT2D eigenvalue weighted by Crippen LogP contribution is 2.45. The van der Waals surface area contributed by atoms with Crippen LogP contribution in [-0.4, -0.2) is 22.6 Å². The Balaban J connectivity index is 1.30. The normalized spacial score (nSPS) is 14.2. The minimum atomic E-state index is -0.194. The molecule has 0 amide bonds. The van der Waals surface area contributed by atoms with E-state index in [1.54, 1.807) is 0 Å². The van der Waals surface area contributed by atoms with E-state index in [9.17, 15) is 0 Å². The lowest BCUT2D eigenvalue weighted by Gasteiger charge is -2.40. The van der Waals surface area contributed by atoms with Crippen LogP contribution < -0.4 is 32.8 Å². The Kier molecular flexibility index (Phi) is 13.8. The molecule has 4 heteroatoms. The van der Waals surface area contributed by atoms with Gasteiger partial charge in [-0.15, -0.1) is 0 Å². The lowest BCUT2D eigenvalue weighted by Crippen LogP contribution is -2.63. The maximum absolute atomic E-state index is 2.75. The summed E-state index contributed by atoms with van der Waals surface area (Å²) in [5.41, 5.74) is 31.1. The third kappa shape index (κ3) is 9.98. The molecule has 458 valence electrons. The third-order valence-corrected chi connectivity index (χ3v) is 20.5. The minimum Gasteiger partial charge on any atom is -0.310 e. The zero-order chi connectivity index (χ0) is 64.9. The molecule has 2 nitrogen and oxygen atoms in total. The molecule has 2 aliphatic heterocycles. The van der Waals surface area contributed by atoms with Crippen LogP contribution in [0.2, 0.25) is 0 Å². The summed E-state index contributed by atoms with van der Waals surface area (Å²) in [6.07, 6.45) is 0. The van der Waals surface area contributed by atoms with Crippen LogP contribution in [0.3, 0.4) is 0 Å². The molecule has 0 spiro atoms. The summed E-state index contributed by atoms with van der Waals surface area (Å²) in [6, 6.07) is 63.2. The van der Waals surface area contributed by atoms with Gasteiger partial charge in [-0.05, 0) is 180 Å². The number of hydrogen-bond donors (Lipinski definition) is 0. The van der Waals surface area contributed by atoms with E-state index < -0.39 is 0 Å². The van der Waals surface area contributed by atoms with Gasteiger partial charge in [-0.3, -0.25) is 0 Å². The zero-order valence-electron chi connectivity index (χ0n) is 59.1. The standard InChI is InChI=1S/C86H98B2N2/c1-79(2,3)55-41-61-59-39-53(51-31-27-25-28-32-51)35-37-71(59)89-73-50-68-74(49-67(73)87(69(47-55)77(61)89)75-63(83(13,14)15)43-57(81(7,8)9)44-64(75)84(16,17)18)90-72-38-36-54(52-33-29-26-30-34-52)40-60(72)62-42-56(80(4,5)6)48-70(78(62)90)88(68)76-65(85(19,20)21)45-58(82(10,11)12)46-66(76)86(22,23)24/h25-50H,1-24H3. The van der Waals surface area contributed by atoms with E-state index >= 15 is 0 Å². The van der Waals surface area contributed by atoms with E-state index in [0.717, 1.165) is 0 Å². The molecule has 0 unspecified atom stereocenters. The predicted octanol–water partition coefficient (Wildman–Crippen LogP) is 19.3. The second-order valence-electron chi connectivity index (χ2n) is 35.6. The van der Waals surface area contributed by atoms with Crippen molar-refractivity contribution in [3.05, 3.63) is 202 Å². The molecule has 0 fully saturated rings. The summed E-state index contributed by atoms with van der Waals surface area (Å²) < 4.78 is 5.49. The van der Waals surface area contributed by atoms with Crippen LogP contribution in [0, 0.1) is 0 Å². The fourth-order valence-corrected chi connectivity index (χ4v) is 15.5. The van der Waals surface area contributed by atoms with E-state index in [1.807, 2.05) is 0 Å². The first-order chi connectivity index (χ1) is 41.7. The highest BCUT2D eigenvalue weighted by atomic mass is 15.0. The summed E-state index contributed by atoms with van der Waals surface area (Å²) in [5.74, 6) is 0. The lowest BCUT2D eigenvalue weighted by atomic mass is 9.30. The Labute approximate surface area is 541 Å². The molecule has 0 radical (unpaired) electrons. The van der Waals surface area contributed by atoms with E-state index in [0.29, 0.717) is 0 Å². The van der Waals surface area contributed by atoms with Crippen LogP contribution in [0.5, 0.6) is 0 Å². The lowest BCUT2D eigenvalue weighted by molar-refractivity contribution is 0.552. The maximum atomic E-state index is 2.75. The molecule has 0 N–H and O–H groups in total. The molecule has 0 saturated carbocycles. The van der Waals surface area contributed by atoms with Gasteiger partial charge in [-0.2, -0.15) is 0 Å². The van der Waals surface area contributed by atoms with Crippen LogP contribution in [0.15, 0.2) is 158 Å². The summed E-state index contributed by atoms with van der Waals surface area (Å²) in [4.78, 5) is 0. The summed E-state index contributed by atoms with van der Waals surface area (Å²) in [5, 5.41) is 5.24. The number of aromatic nitrogens is 2. The van der Waals surface area contributed by atoms with Gasteiger partial charge in [0, 0.05) is 44.0 Å². The molecule has 0 bridgehead atoms. The molecule has 13 rings (SSSR count). The average Bonchev–Trinajstić information content (AvgIpc) is 1.40. The van der Waals surface area contributed by atoms with E-state index in [1.165, 1.54) is 155 Å². The Morgan fingerprint density at radius 3 is 0.811 bits per heavy atom. The number of fused-ring (bicyclic) bond motifs is 10. The molecule has 90 heavy (non-hydrogen) atoms. The average molecular weight is 1180 g/mol.